The van der Waals surface area contributed by atoms with Gasteiger partial charge in [0.05, 0.1) is 89.7 Å². The first-order valence-corrected chi connectivity index (χ1v) is 32.5. The lowest BCUT2D eigenvalue weighted by molar-refractivity contribution is -0.137. The van der Waals surface area contributed by atoms with Crippen LogP contribution in [0.5, 0.6) is 0 Å². The lowest BCUT2D eigenvalue weighted by Crippen LogP contribution is -2.09. The smallest absolute Gasteiger partial charge is 0.309 e. The molecule has 0 saturated carbocycles. The van der Waals surface area contributed by atoms with Crippen molar-refractivity contribution in [3.8, 4) is 51.3 Å². The number of hydrogen-bond acceptors (Lipinski definition) is 1. The summed E-state index contributed by atoms with van der Waals surface area (Å²) >= 11 is 0. The van der Waals surface area contributed by atoms with E-state index < -0.39 is 11.7 Å². The molecule has 0 radical (unpaired) electrons. The highest BCUT2D eigenvalue weighted by molar-refractivity contribution is 6.17. The lowest BCUT2D eigenvalue weighted by Gasteiger charge is -2.21. The topological polar surface area (TPSA) is 57.7 Å². The second-order valence-electron chi connectivity index (χ2n) is 25.3. The summed E-state index contributed by atoms with van der Waals surface area (Å²) in [5.41, 5.74) is 13.6. The molecule has 0 aliphatic carbocycles. The van der Waals surface area contributed by atoms with E-state index in [9.17, 15) is 5.26 Å². The van der Waals surface area contributed by atoms with Crippen LogP contribution in [-0.4, -0.2) is 27.4 Å². The van der Waals surface area contributed by atoms with Crippen molar-refractivity contribution in [2.45, 2.75) is 6.18 Å². The average Bonchev–Trinajstić information content (AvgIpc) is 1.66. The molecule has 0 unspecified atom stereocenters. The fourth-order valence-corrected chi connectivity index (χ4v) is 16.3. The average molecular weight is 1260 g/mol. The van der Waals surface area contributed by atoms with Crippen molar-refractivity contribution < 1.29 is 13.2 Å². The predicted octanol–water partition coefficient (Wildman–Crippen LogP) is 23.4. The third kappa shape index (κ3) is 7.75. The van der Waals surface area contributed by atoms with E-state index in [1.54, 1.807) is 12.1 Å². The first-order chi connectivity index (χ1) is 48.2. The summed E-state index contributed by atoms with van der Waals surface area (Å²) in [6, 6.07) is 102. The molecule has 0 N–H and O–H groups in total. The normalized spacial score (nSPS) is 12.2. The number of nitrogens with zero attached hydrogens (tertiary/aromatic N) is 8. The van der Waals surface area contributed by atoms with E-state index >= 15 is 13.2 Å². The van der Waals surface area contributed by atoms with Crippen LogP contribution in [0, 0.1) is 17.9 Å². The van der Waals surface area contributed by atoms with Gasteiger partial charge < -0.3 is 27.4 Å². The number of benzene rings is 14. The molecule has 0 aliphatic heterocycles. The van der Waals surface area contributed by atoms with Crippen molar-refractivity contribution in [3.05, 3.63) is 320 Å². The highest BCUT2D eigenvalue weighted by Gasteiger charge is 2.36. The molecule has 0 amide bonds. The molecule has 0 spiro atoms. The van der Waals surface area contributed by atoms with Crippen molar-refractivity contribution in [3.63, 3.8) is 0 Å². The van der Waals surface area contributed by atoms with E-state index in [4.69, 9.17) is 6.57 Å². The minimum absolute atomic E-state index is 0.104. The van der Waals surface area contributed by atoms with E-state index in [0.29, 0.717) is 33.4 Å². The van der Waals surface area contributed by atoms with Gasteiger partial charge in [0.15, 0.2) is 5.69 Å². The van der Waals surface area contributed by atoms with Gasteiger partial charge in [-0.3, -0.25) is 0 Å². The first-order valence-electron chi connectivity index (χ1n) is 32.5. The van der Waals surface area contributed by atoms with Crippen LogP contribution in [0.3, 0.4) is 0 Å². The molecule has 458 valence electrons. The Kier molecular flexibility index (Phi) is 11.6. The largest absolute Gasteiger partial charge is 0.415 e. The quantitative estimate of drug-likeness (QED) is 0.147. The lowest BCUT2D eigenvalue weighted by atomic mass is 9.94. The van der Waals surface area contributed by atoms with Crippen LogP contribution in [0.25, 0.3) is 181 Å². The Morgan fingerprint density at radius 2 is 0.541 bits per heavy atom. The van der Waals surface area contributed by atoms with E-state index in [0.717, 1.165) is 138 Å². The van der Waals surface area contributed by atoms with Gasteiger partial charge in [-0.1, -0.05) is 188 Å². The van der Waals surface area contributed by atoms with Gasteiger partial charge in [0.1, 0.15) is 11.6 Å². The molecule has 0 aliphatic rings. The Morgan fingerprint density at radius 3 is 0.786 bits per heavy atom. The van der Waals surface area contributed by atoms with E-state index in [2.05, 4.69) is 208 Å². The summed E-state index contributed by atoms with van der Waals surface area (Å²) in [6.07, 6.45) is -4.90. The molecule has 0 atom stereocenters. The third-order valence-electron chi connectivity index (χ3n) is 20.3. The number of para-hydroxylation sites is 8. The molecule has 20 aromatic rings. The van der Waals surface area contributed by atoms with Crippen molar-refractivity contribution in [1.82, 2.24) is 27.4 Å². The predicted molar refractivity (Wildman–Crippen MR) is 394 cm³/mol. The summed E-state index contributed by atoms with van der Waals surface area (Å²) in [4.78, 5) is 3.87. The number of aromatic nitrogens is 6. The molecule has 98 heavy (non-hydrogen) atoms. The van der Waals surface area contributed by atoms with Crippen molar-refractivity contribution in [1.29, 1.82) is 5.26 Å². The summed E-state index contributed by atoms with van der Waals surface area (Å²) in [5.74, 6) is 0. The molecule has 0 bridgehead atoms. The number of fused-ring (bicyclic) bond motifs is 18. The fourth-order valence-electron chi connectivity index (χ4n) is 16.3. The molecule has 8 nitrogen and oxygen atoms in total. The highest BCUT2D eigenvalue weighted by Crippen LogP contribution is 2.49. The number of rotatable bonds is 7. The minimum atomic E-state index is -4.90. The maximum atomic E-state index is 16.2. The van der Waals surface area contributed by atoms with Crippen LogP contribution in [0.15, 0.2) is 297 Å². The van der Waals surface area contributed by atoms with Crippen LogP contribution in [-0.2, 0) is 6.18 Å². The van der Waals surface area contributed by atoms with Gasteiger partial charge in [-0.05, 0) is 120 Å². The third-order valence-corrected chi connectivity index (χ3v) is 20.3. The monoisotopic (exact) mass is 1260 g/mol. The Balaban J connectivity index is 0.963. The Hall–Kier alpha value is -13.4. The molecule has 0 fully saturated rings. The summed E-state index contributed by atoms with van der Waals surface area (Å²) in [5, 5.41) is 24.7. The number of alkyl halides is 3. The van der Waals surface area contributed by atoms with Gasteiger partial charge in [-0.15, -0.1) is 0 Å². The van der Waals surface area contributed by atoms with Crippen molar-refractivity contribution in [2.24, 2.45) is 0 Å². The van der Waals surface area contributed by atoms with Gasteiger partial charge in [0.2, 0.25) is 0 Å². The molecule has 0 saturated heterocycles. The zero-order valence-corrected chi connectivity index (χ0v) is 52.0. The van der Waals surface area contributed by atoms with E-state index in [1.165, 1.54) is 12.1 Å². The van der Waals surface area contributed by atoms with Gasteiger partial charge in [-0.2, -0.15) is 18.4 Å². The zero-order chi connectivity index (χ0) is 65.2. The van der Waals surface area contributed by atoms with Crippen LogP contribution in [0.1, 0.15) is 11.1 Å². The highest BCUT2D eigenvalue weighted by atomic mass is 19.4. The first kappa shape index (κ1) is 55.1. The molecule has 6 aromatic heterocycles. The van der Waals surface area contributed by atoms with Gasteiger partial charge in [0.25, 0.3) is 0 Å². The van der Waals surface area contributed by atoms with Crippen LogP contribution in [0.2, 0.25) is 0 Å². The number of nitriles is 1. The Morgan fingerprint density at radius 1 is 0.286 bits per heavy atom. The minimum Gasteiger partial charge on any atom is -0.309 e. The standard InChI is InChI=1S/C87H49F3N8/c1-92-71-28-18-27-70(87(88,89)90)86(71)52-45-80(97-82-47-53(93-72-29-10-2-19-57(72)58-20-3-11-30-73(58)93)37-41-65(82)66-42-38-54(48-83(66)97)94-74-31-12-4-21-59(74)60-22-5-13-32-75(60)94)69(51-91)81(46-52)98-84-49-55(95-76-33-14-6-23-61(76)62-24-7-15-34-77(62)95)39-43-67(84)68-44-40-56(50-85(68)98)96-78-35-16-8-25-63(78)64-26-9-17-36-79(64)96/h2-50H. The Labute approximate surface area is 556 Å². The second-order valence-corrected chi connectivity index (χ2v) is 25.3. The van der Waals surface area contributed by atoms with E-state index in [1.807, 2.05) is 97.1 Å². The molecular formula is C87H49F3N8. The summed E-state index contributed by atoms with van der Waals surface area (Å²) in [7, 11) is 0. The molecular weight excluding hydrogens is 1210 g/mol. The summed E-state index contributed by atoms with van der Waals surface area (Å²) < 4.78 is 61.8. The van der Waals surface area contributed by atoms with Gasteiger partial charge >= 0.3 is 6.18 Å². The SMILES string of the molecule is [C-]#[N+]c1cccc(C(F)(F)F)c1-c1cc(-n2c3cc(-n4c5ccccc5c5ccccc54)ccc3c3ccc(-n4c5ccccc5c5ccccc54)cc32)c(C#N)c(-n2c3cc(-n4c5ccccc5c5ccccc54)ccc3c3ccc(-n4c5ccccc5c5ccccc54)cc32)c1. The number of halogens is 3. The molecule has 6 heterocycles. The maximum Gasteiger partial charge on any atom is 0.415 e. The maximum absolute atomic E-state index is 16.2. The van der Waals surface area contributed by atoms with Crippen molar-refractivity contribution in [2.75, 3.05) is 0 Å². The van der Waals surface area contributed by atoms with Gasteiger partial charge in [-0.25, -0.2) is 4.85 Å². The molecule has 14 aromatic carbocycles. The Bertz CT molecular complexity index is 6040. The van der Waals surface area contributed by atoms with Crippen LogP contribution >= 0.6 is 0 Å². The number of hydrogen-bond donors (Lipinski definition) is 0. The molecule has 11 heteroatoms. The van der Waals surface area contributed by atoms with Crippen molar-refractivity contribution >= 4 is 137 Å². The van der Waals surface area contributed by atoms with Crippen LogP contribution in [0.4, 0.5) is 18.9 Å². The summed E-state index contributed by atoms with van der Waals surface area (Å²) in [6.45, 7) is 8.64. The fraction of sp³-hybridized carbons (Fsp3) is 0.0115. The van der Waals surface area contributed by atoms with Crippen LogP contribution < -0.4 is 0 Å². The second kappa shape index (κ2) is 20.6. The van der Waals surface area contributed by atoms with E-state index in [-0.39, 0.29) is 22.4 Å². The van der Waals surface area contributed by atoms with Gasteiger partial charge in [0, 0.05) is 87.4 Å². The molecule has 20 rings (SSSR count). The zero-order valence-electron chi connectivity index (χ0n) is 52.0.